The lowest BCUT2D eigenvalue weighted by molar-refractivity contribution is -0.157. The zero-order chi connectivity index (χ0) is 18.7. The summed E-state index contributed by atoms with van der Waals surface area (Å²) < 4.78 is 10.8. The number of rotatable bonds is 2. The van der Waals surface area contributed by atoms with E-state index in [0.29, 0.717) is 32.1 Å². The van der Waals surface area contributed by atoms with Crippen molar-refractivity contribution in [1.29, 1.82) is 0 Å². The number of hydrogen-bond acceptors (Lipinski definition) is 5. The topological polar surface area (TPSA) is 72.9 Å². The first-order valence-corrected chi connectivity index (χ1v) is 9.02. The van der Waals surface area contributed by atoms with Crippen LogP contribution in [0.25, 0.3) is 0 Å². The minimum atomic E-state index is -1.42. The Morgan fingerprint density at radius 3 is 2.46 bits per heavy atom. The fourth-order valence-corrected chi connectivity index (χ4v) is 4.29. The second-order valence-electron chi connectivity index (χ2n) is 8.27. The van der Waals surface area contributed by atoms with Crippen LogP contribution in [0.1, 0.15) is 32.3 Å². The van der Waals surface area contributed by atoms with Crippen molar-refractivity contribution in [3.63, 3.8) is 0 Å². The Labute approximate surface area is 152 Å². The lowest BCUT2D eigenvalue weighted by Gasteiger charge is -2.32. The predicted molar refractivity (Wildman–Crippen MR) is 92.6 cm³/mol. The van der Waals surface area contributed by atoms with Gasteiger partial charge in [-0.15, -0.1) is 0 Å². The van der Waals surface area contributed by atoms with E-state index in [0.717, 1.165) is 5.56 Å². The summed E-state index contributed by atoms with van der Waals surface area (Å²) in [5.41, 5.74) is -1.29. The van der Waals surface area contributed by atoms with E-state index in [1.54, 1.807) is 17.0 Å². The minimum absolute atomic E-state index is 0.0715. The molecule has 3 aliphatic rings. The molecule has 3 unspecified atom stereocenters. The van der Waals surface area contributed by atoms with Gasteiger partial charge in [-0.3, -0.25) is 14.4 Å². The molecule has 6 nitrogen and oxygen atoms in total. The number of amides is 1. The normalized spacial score (nSPS) is 30.1. The SMILES string of the molecule is CC(C)(C)C(=O)C1C2c3ccccc3OC(=O)C12C(=O)N1CCOCC1. The molecular formula is C20H23NO5. The number of hydrogen-bond donors (Lipinski definition) is 0. The van der Waals surface area contributed by atoms with E-state index in [1.165, 1.54) is 0 Å². The van der Waals surface area contributed by atoms with Gasteiger partial charge in [0.05, 0.1) is 19.1 Å². The summed E-state index contributed by atoms with van der Waals surface area (Å²) in [6, 6.07) is 7.20. The van der Waals surface area contributed by atoms with Crippen LogP contribution in [0.2, 0.25) is 0 Å². The predicted octanol–water partition coefficient (Wildman–Crippen LogP) is 1.78. The molecule has 1 saturated heterocycles. The summed E-state index contributed by atoms with van der Waals surface area (Å²) in [6.07, 6.45) is 0. The summed E-state index contributed by atoms with van der Waals surface area (Å²) in [5.74, 6) is -1.63. The first-order chi connectivity index (χ1) is 12.3. The fraction of sp³-hybridized carbons (Fsp3) is 0.550. The molecule has 0 aromatic heterocycles. The maximum absolute atomic E-state index is 13.4. The second-order valence-corrected chi connectivity index (χ2v) is 8.27. The highest BCUT2D eigenvalue weighted by molar-refractivity contribution is 6.16. The Bertz CT molecular complexity index is 790. The van der Waals surface area contributed by atoms with Gasteiger partial charge in [-0.2, -0.15) is 0 Å². The summed E-state index contributed by atoms with van der Waals surface area (Å²) in [6.45, 7) is 7.21. The third kappa shape index (κ3) is 2.24. The van der Waals surface area contributed by atoms with E-state index in [2.05, 4.69) is 0 Å². The maximum Gasteiger partial charge on any atom is 0.328 e. The molecule has 1 amide bonds. The van der Waals surface area contributed by atoms with Crippen LogP contribution < -0.4 is 4.74 Å². The molecule has 2 aliphatic heterocycles. The first-order valence-electron chi connectivity index (χ1n) is 9.02. The van der Waals surface area contributed by atoms with Crippen LogP contribution in [0.3, 0.4) is 0 Å². The highest BCUT2D eigenvalue weighted by Gasteiger charge is 2.81. The van der Waals surface area contributed by atoms with Gasteiger partial charge in [0.2, 0.25) is 5.91 Å². The van der Waals surface area contributed by atoms with E-state index in [9.17, 15) is 14.4 Å². The van der Waals surface area contributed by atoms with Gasteiger partial charge in [-0.05, 0) is 6.07 Å². The van der Waals surface area contributed by atoms with E-state index in [4.69, 9.17) is 9.47 Å². The van der Waals surface area contributed by atoms with Crippen molar-refractivity contribution in [3.8, 4) is 5.75 Å². The molecule has 3 atom stereocenters. The number of Topliss-reactive ketones (excluding diaryl/α,β-unsaturated/α-hetero) is 1. The van der Waals surface area contributed by atoms with Crippen molar-refractivity contribution >= 4 is 17.7 Å². The van der Waals surface area contributed by atoms with Crippen molar-refractivity contribution < 1.29 is 23.9 Å². The lowest BCUT2D eigenvalue weighted by atomic mass is 9.84. The highest BCUT2D eigenvalue weighted by atomic mass is 16.5. The number of carbonyl (C=O) groups is 3. The van der Waals surface area contributed by atoms with Crippen LogP contribution in [0.5, 0.6) is 5.75 Å². The van der Waals surface area contributed by atoms with Crippen molar-refractivity contribution in [2.24, 2.45) is 16.7 Å². The van der Waals surface area contributed by atoms with Gasteiger partial charge in [0.1, 0.15) is 11.5 Å². The number of ether oxygens (including phenoxy) is 2. The van der Waals surface area contributed by atoms with Crippen LogP contribution >= 0.6 is 0 Å². The standard InChI is InChI=1S/C20H23NO5/c1-19(2,3)16(22)15-14-12-6-4-5-7-13(12)26-18(24)20(14,15)17(23)21-8-10-25-11-9-21/h4-7,14-15H,8-11H2,1-3H3. The number of morpholine rings is 1. The third-order valence-electron chi connectivity index (χ3n) is 5.67. The van der Waals surface area contributed by atoms with Gasteiger partial charge in [0, 0.05) is 30.0 Å². The second kappa shape index (κ2) is 5.64. The summed E-state index contributed by atoms with van der Waals surface area (Å²) >= 11 is 0. The molecule has 0 N–H and O–H groups in total. The highest BCUT2D eigenvalue weighted by Crippen LogP contribution is 2.71. The molecule has 1 saturated carbocycles. The number of esters is 1. The van der Waals surface area contributed by atoms with E-state index in [-0.39, 0.29) is 11.7 Å². The summed E-state index contributed by atoms with van der Waals surface area (Å²) in [5, 5.41) is 0. The number of carbonyl (C=O) groups excluding carboxylic acids is 3. The smallest absolute Gasteiger partial charge is 0.328 e. The summed E-state index contributed by atoms with van der Waals surface area (Å²) in [7, 11) is 0. The van der Waals surface area contributed by atoms with Crippen molar-refractivity contribution in [1.82, 2.24) is 4.90 Å². The van der Waals surface area contributed by atoms with Gasteiger partial charge in [0.25, 0.3) is 0 Å². The van der Waals surface area contributed by atoms with Crippen LogP contribution in [0.4, 0.5) is 0 Å². The molecule has 2 fully saturated rings. The largest absolute Gasteiger partial charge is 0.425 e. The van der Waals surface area contributed by atoms with Gasteiger partial charge >= 0.3 is 5.97 Å². The Kier molecular flexibility index (Phi) is 3.74. The van der Waals surface area contributed by atoms with Gasteiger partial charge in [0.15, 0.2) is 5.41 Å². The zero-order valence-corrected chi connectivity index (χ0v) is 15.3. The van der Waals surface area contributed by atoms with E-state index in [1.807, 2.05) is 32.9 Å². The maximum atomic E-state index is 13.4. The minimum Gasteiger partial charge on any atom is -0.425 e. The van der Waals surface area contributed by atoms with Crippen LogP contribution in [-0.2, 0) is 19.1 Å². The number of para-hydroxylation sites is 1. The Hall–Kier alpha value is -2.21. The molecular weight excluding hydrogens is 334 g/mol. The number of fused-ring (bicyclic) bond motifs is 3. The molecule has 0 spiro atoms. The molecule has 138 valence electrons. The Balaban J connectivity index is 1.80. The summed E-state index contributed by atoms with van der Waals surface area (Å²) in [4.78, 5) is 41.2. The average molecular weight is 357 g/mol. The molecule has 1 aliphatic carbocycles. The quantitative estimate of drug-likeness (QED) is 0.458. The average Bonchev–Trinajstić information content (AvgIpc) is 3.32. The number of nitrogens with zero attached hydrogens (tertiary/aromatic N) is 1. The van der Waals surface area contributed by atoms with Gasteiger partial charge in [-0.1, -0.05) is 39.0 Å². The molecule has 26 heavy (non-hydrogen) atoms. The van der Waals surface area contributed by atoms with Crippen molar-refractivity contribution in [2.75, 3.05) is 26.3 Å². The van der Waals surface area contributed by atoms with Crippen LogP contribution in [0, 0.1) is 16.7 Å². The molecule has 0 radical (unpaired) electrons. The third-order valence-corrected chi connectivity index (χ3v) is 5.67. The monoisotopic (exact) mass is 357 g/mol. The molecule has 1 aromatic carbocycles. The molecule has 0 bridgehead atoms. The van der Waals surface area contributed by atoms with Crippen LogP contribution in [0.15, 0.2) is 24.3 Å². The van der Waals surface area contributed by atoms with E-state index >= 15 is 0 Å². The number of ketones is 1. The Morgan fingerprint density at radius 2 is 1.81 bits per heavy atom. The molecule has 1 aromatic rings. The Morgan fingerprint density at radius 1 is 1.15 bits per heavy atom. The van der Waals surface area contributed by atoms with E-state index < -0.39 is 28.6 Å². The molecule has 6 heteroatoms. The fourth-order valence-electron chi connectivity index (χ4n) is 4.29. The number of benzene rings is 1. The molecule has 4 rings (SSSR count). The lowest BCUT2D eigenvalue weighted by Crippen LogP contribution is -2.50. The molecule has 2 heterocycles. The van der Waals surface area contributed by atoms with Crippen molar-refractivity contribution in [3.05, 3.63) is 29.8 Å². The van der Waals surface area contributed by atoms with Gasteiger partial charge < -0.3 is 14.4 Å². The first kappa shape index (κ1) is 17.2. The van der Waals surface area contributed by atoms with Gasteiger partial charge in [-0.25, -0.2) is 0 Å². The van der Waals surface area contributed by atoms with Crippen LogP contribution in [-0.4, -0.2) is 48.9 Å². The zero-order valence-electron chi connectivity index (χ0n) is 15.3. The van der Waals surface area contributed by atoms with Crippen molar-refractivity contribution in [2.45, 2.75) is 26.7 Å².